The Kier molecular flexibility index (Phi) is 25.9. The molecule has 0 aromatic heterocycles. The normalized spacial score (nSPS) is 12.3. The maximum absolute atomic E-state index is 3.04. The third-order valence-corrected chi connectivity index (χ3v) is 5.05. The van der Waals surface area contributed by atoms with Gasteiger partial charge in [0, 0.05) is 0 Å². The molecule has 68 valence electrons. The van der Waals surface area contributed by atoms with Gasteiger partial charge in [-0.15, -0.1) is 0 Å². The molecule has 0 aromatic rings. The van der Waals surface area contributed by atoms with Gasteiger partial charge >= 0.3 is 111 Å². The van der Waals surface area contributed by atoms with E-state index < -0.39 is 0 Å². The molecule has 0 atom stereocenters. The van der Waals surface area contributed by atoms with Crippen molar-refractivity contribution in [2.24, 2.45) is 0 Å². The molecule has 13 heavy (non-hydrogen) atoms. The predicted molar refractivity (Wildman–Crippen MR) is 45.5 cm³/mol. The molecular formula is C6H6Bi2Cl2N2Zr. The summed E-state index contributed by atoms with van der Waals surface area (Å²) in [6.07, 6.45) is 9.65. The van der Waals surface area contributed by atoms with E-state index in [9.17, 15) is 0 Å². The van der Waals surface area contributed by atoms with Crippen molar-refractivity contribution in [2.75, 3.05) is 0 Å². The topological polar surface area (TPSA) is 24.1 Å². The minimum absolute atomic E-state index is 0. The van der Waals surface area contributed by atoms with Crippen LogP contribution in [-0.2, 0) is 26.2 Å². The van der Waals surface area contributed by atoms with E-state index in [1.807, 2.05) is 12.2 Å². The smallest absolute Gasteiger partial charge is 1.00 e. The van der Waals surface area contributed by atoms with Crippen molar-refractivity contribution in [3.05, 3.63) is 24.6 Å². The Bertz CT molecular complexity index is 165. The minimum Gasteiger partial charge on any atom is -1.00 e. The van der Waals surface area contributed by atoms with Crippen molar-refractivity contribution >= 4 is 53.5 Å². The van der Waals surface area contributed by atoms with Crippen molar-refractivity contribution in [3.8, 4) is 0 Å². The van der Waals surface area contributed by atoms with Crippen LogP contribution < -0.4 is 31.3 Å². The second kappa shape index (κ2) is 16.5. The molecular weight excluding hydrogens is 680 g/mol. The molecule has 0 saturated carbocycles. The summed E-state index contributed by atoms with van der Waals surface area (Å²) >= 11 is -0.571. The SMILES string of the molecule is [C-]1=C[CH]=[Bi][NH]1.[C-]1=C[CH]=[Bi][NH]1.[Cl-].[Cl-].[Zr+4]. The quantitative estimate of drug-likeness (QED) is 0.196. The third kappa shape index (κ3) is 14.0. The van der Waals surface area contributed by atoms with Gasteiger partial charge in [-0.3, -0.25) is 0 Å². The monoisotopic (exact) mass is 684 g/mol. The van der Waals surface area contributed by atoms with Gasteiger partial charge in [-0.05, 0) is 0 Å². The minimum atomic E-state index is -0.285. The first-order valence-corrected chi connectivity index (χ1v) is 10.2. The van der Waals surface area contributed by atoms with Gasteiger partial charge in [-0.1, -0.05) is 0 Å². The van der Waals surface area contributed by atoms with Crippen LogP contribution in [0.15, 0.2) is 12.2 Å². The zero-order valence-corrected chi connectivity index (χ0v) is 17.4. The second-order valence-corrected chi connectivity index (χ2v) is 7.47. The number of hydrogen-bond donors (Lipinski definition) is 2. The van der Waals surface area contributed by atoms with E-state index in [0.29, 0.717) is 0 Å². The summed E-state index contributed by atoms with van der Waals surface area (Å²) in [4.78, 5) is 0. The van der Waals surface area contributed by atoms with Crippen molar-refractivity contribution < 1.29 is 51.0 Å². The summed E-state index contributed by atoms with van der Waals surface area (Å²) in [5.41, 5.74) is 0. The third-order valence-electron chi connectivity index (χ3n) is 0.723. The molecule has 0 fully saturated rings. The van der Waals surface area contributed by atoms with Gasteiger partial charge in [0.15, 0.2) is 0 Å². The van der Waals surface area contributed by atoms with E-state index in [4.69, 9.17) is 0 Å². The summed E-state index contributed by atoms with van der Waals surface area (Å²) in [6.45, 7) is 0. The van der Waals surface area contributed by atoms with E-state index in [1.54, 1.807) is 0 Å². The van der Waals surface area contributed by atoms with Crippen LogP contribution in [0.4, 0.5) is 0 Å². The van der Waals surface area contributed by atoms with E-state index >= 15 is 0 Å². The molecule has 0 spiro atoms. The van der Waals surface area contributed by atoms with E-state index in [1.165, 1.54) is 0 Å². The number of allylic oxidation sites excluding steroid dienone is 2. The van der Waals surface area contributed by atoms with Crippen molar-refractivity contribution in [3.63, 3.8) is 0 Å². The van der Waals surface area contributed by atoms with E-state index in [0.717, 1.165) is 0 Å². The zero-order chi connectivity index (χ0) is 7.07. The Hall–Kier alpha value is 2.05. The van der Waals surface area contributed by atoms with E-state index in [-0.39, 0.29) is 97.1 Å². The molecule has 0 radical (unpaired) electrons. The molecule has 2 aliphatic rings. The van der Waals surface area contributed by atoms with Crippen molar-refractivity contribution in [1.29, 1.82) is 0 Å². The molecule has 2 rings (SSSR count). The fourth-order valence-electron chi connectivity index (χ4n) is 0.373. The number of hydrogen-bond acceptors (Lipinski definition) is 2. The molecule has 2 aliphatic heterocycles. The Morgan fingerprint density at radius 2 is 1.23 bits per heavy atom. The van der Waals surface area contributed by atoms with Crippen LogP contribution in [0.2, 0.25) is 0 Å². The van der Waals surface area contributed by atoms with Gasteiger partial charge < -0.3 is 24.8 Å². The first-order valence-electron chi connectivity index (χ1n) is 2.71. The predicted octanol–water partition coefficient (Wildman–Crippen LogP) is -7.34. The van der Waals surface area contributed by atoms with Crippen LogP contribution in [0.5, 0.6) is 0 Å². The Morgan fingerprint density at radius 3 is 1.31 bits per heavy atom. The first-order chi connectivity index (χ1) is 5.00. The maximum Gasteiger partial charge on any atom is 4.00 e. The molecule has 2 nitrogen and oxygen atoms in total. The standard InChI is InChI=1S/2C3H3N.2Bi.2ClH.Zr/c2*1-2-3-4;;;;;/h2*1-2,4H;;;2*1H;/q2*-2;2*+1;;;+4/p-2. The molecule has 0 aliphatic carbocycles. The van der Waals surface area contributed by atoms with Crippen LogP contribution in [-0.4, -0.2) is 53.5 Å². The van der Waals surface area contributed by atoms with E-state index in [2.05, 4.69) is 26.3 Å². The second-order valence-electron chi connectivity index (χ2n) is 1.40. The van der Waals surface area contributed by atoms with Gasteiger partial charge in [0.2, 0.25) is 0 Å². The summed E-state index contributed by atoms with van der Waals surface area (Å²) in [6, 6.07) is 0. The van der Waals surface area contributed by atoms with Crippen LogP contribution in [0.25, 0.3) is 0 Å². The van der Waals surface area contributed by atoms with Gasteiger partial charge in [0.05, 0.1) is 0 Å². The summed E-state index contributed by atoms with van der Waals surface area (Å²) in [5.74, 6) is 0. The first kappa shape index (κ1) is 20.5. The maximum atomic E-state index is 3.04. The number of nitrogens with one attached hydrogen (secondary N) is 2. The van der Waals surface area contributed by atoms with Crippen LogP contribution in [0.3, 0.4) is 0 Å². The average molecular weight is 686 g/mol. The zero-order valence-electron chi connectivity index (χ0n) is 6.46. The molecule has 0 aromatic carbocycles. The molecule has 0 unspecified atom stereocenters. The molecule has 7 heteroatoms. The average Bonchev–Trinajstić information content (AvgIpc) is 2.67. The van der Waals surface area contributed by atoms with Crippen molar-refractivity contribution in [1.82, 2.24) is 6.52 Å². The summed E-state index contributed by atoms with van der Waals surface area (Å²) in [5, 5.41) is 0. The largest absolute Gasteiger partial charge is 4.00 e. The fraction of sp³-hybridized carbons (Fsp3) is 0. The van der Waals surface area contributed by atoms with Gasteiger partial charge in [-0.2, -0.15) is 0 Å². The van der Waals surface area contributed by atoms with Gasteiger partial charge in [-0.25, -0.2) is 0 Å². The van der Waals surface area contributed by atoms with Crippen LogP contribution in [0, 0.1) is 12.4 Å². The molecule has 0 bridgehead atoms. The fourth-order valence-corrected chi connectivity index (χ4v) is 3.27. The summed E-state index contributed by atoms with van der Waals surface area (Å²) < 4.78 is 10.5. The molecule has 2 N–H and O–H groups in total. The van der Waals surface area contributed by atoms with Gasteiger partial charge in [0.1, 0.15) is 0 Å². The van der Waals surface area contributed by atoms with Crippen LogP contribution in [0.1, 0.15) is 0 Å². The molecule has 0 amide bonds. The summed E-state index contributed by atoms with van der Waals surface area (Å²) in [7, 11) is 0. The molecule has 0 saturated heterocycles. The van der Waals surface area contributed by atoms with Crippen LogP contribution >= 0.6 is 0 Å². The van der Waals surface area contributed by atoms with Crippen molar-refractivity contribution in [2.45, 2.75) is 0 Å². The molecule has 2 heterocycles. The Balaban J connectivity index is -0.000000125. The number of halogens is 2. The Morgan fingerprint density at radius 1 is 0.846 bits per heavy atom. The Labute approximate surface area is 133 Å². The van der Waals surface area contributed by atoms with Gasteiger partial charge in [0.25, 0.3) is 0 Å². The number of rotatable bonds is 0.